The molecule has 208 valence electrons. The lowest BCUT2D eigenvalue weighted by atomic mass is 10.0. The maximum Gasteiger partial charge on any atom is 0.0541 e. The van der Waals surface area contributed by atoms with Gasteiger partial charge in [0.25, 0.3) is 0 Å². The monoisotopic (exact) mass is 562 g/mol. The zero-order chi connectivity index (χ0) is 29.3. The van der Waals surface area contributed by atoms with E-state index in [2.05, 4.69) is 191 Å². The Balaban J connectivity index is 1.22. The second kappa shape index (κ2) is 11.1. The second-order valence-electron chi connectivity index (χ2n) is 11.0. The first-order valence-electron chi connectivity index (χ1n) is 15.0. The van der Waals surface area contributed by atoms with Crippen LogP contribution in [0.5, 0.6) is 0 Å². The molecule has 0 saturated carbocycles. The van der Waals surface area contributed by atoms with E-state index in [1.54, 1.807) is 0 Å². The van der Waals surface area contributed by atoms with Gasteiger partial charge in [0.05, 0.1) is 16.7 Å². The summed E-state index contributed by atoms with van der Waals surface area (Å²) in [6, 6.07) is 65.0. The maximum atomic E-state index is 2.37. The number of benzene rings is 7. The third kappa shape index (κ3) is 4.54. The minimum absolute atomic E-state index is 1.12. The van der Waals surface area contributed by atoms with Gasteiger partial charge in [-0.15, -0.1) is 0 Å². The standard InChI is InChI=1S/C42H30N2/c1-3-13-31(14-4-1)32-23-27-35(28-24-32)43(34-15-5-2-6-16-34)40-20-10-7-17-37(40)33-25-29-36(30-26-33)44-41-21-11-8-18-38(41)39-19-9-12-22-42(39)44/h1-30H. The van der Waals surface area contributed by atoms with Gasteiger partial charge in [-0.25, -0.2) is 0 Å². The van der Waals surface area contributed by atoms with Crippen molar-refractivity contribution < 1.29 is 0 Å². The first-order valence-corrected chi connectivity index (χ1v) is 15.0. The van der Waals surface area contributed by atoms with Gasteiger partial charge in [-0.05, 0) is 71.3 Å². The van der Waals surface area contributed by atoms with Crippen molar-refractivity contribution in [3.05, 3.63) is 182 Å². The minimum atomic E-state index is 1.12. The van der Waals surface area contributed by atoms with Crippen LogP contribution in [0.4, 0.5) is 17.1 Å². The summed E-state index contributed by atoms with van der Waals surface area (Å²) in [6.45, 7) is 0. The number of para-hydroxylation sites is 4. The van der Waals surface area contributed by atoms with Crippen molar-refractivity contribution in [2.24, 2.45) is 0 Å². The van der Waals surface area contributed by atoms with Gasteiger partial charge in [-0.1, -0.05) is 127 Å². The second-order valence-corrected chi connectivity index (χ2v) is 11.0. The maximum absolute atomic E-state index is 2.37. The molecule has 0 unspecified atom stereocenters. The predicted molar refractivity (Wildman–Crippen MR) is 186 cm³/mol. The number of fused-ring (bicyclic) bond motifs is 3. The molecule has 0 amide bonds. The smallest absolute Gasteiger partial charge is 0.0541 e. The summed E-state index contributed by atoms with van der Waals surface area (Å²) in [7, 11) is 0. The predicted octanol–water partition coefficient (Wildman–Crippen LogP) is 11.6. The van der Waals surface area contributed by atoms with Gasteiger partial charge in [0, 0.05) is 33.4 Å². The van der Waals surface area contributed by atoms with Gasteiger partial charge in [-0.2, -0.15) is 0 Å². The number of hydrogen-bond acceptors (Lipinski definition) is 1. The molecule has 7 aromatic carbocycles. The normalized spacial score (nSPS) is 11.2. The Hall–Kier alpha value is -5.86. The summed E-state index contributed by atoms with van der Waals surface area (Å²) in [4.78, 5) is 2.35. The highest BCUT2D eigenvalue weighted by molar-refractivity contribution is 6.09. The fraction of sp³-hybridized carbons (Fsp3) is 0. The first kappa shape index (κ1) is 25.8. The first-order chi connectivity index (χ1) is 21.8. The van der Waals surface area contributed by atoms with E-state index in [0.717, 1.165) is 22.7 Å². The molecule has 8 aromatic rings. The Kier molecular flexibility index (Phi) is 6.51. The molecule has 1 aromatic heterocycles. The van der Waals surface area contributed by atoms with Crippen molar-refractivity contribution in [2.45, 2.75) is 0 Å². The molecule has 44 heavy (non-hydrogen) atoms. The molecule has 0 aliphatic rings. The fourth-order valence-electron chi connectivity index (χ4n) is 6.34. The molecule has 1 heterocycles. The molecule has 0 N–H and O–H groups in total. The third-order valence-electron chi connectivity index (χ3n) is 8.41. The molecule has 0 fully saturated rings. The lowest BCUT2D eigenvalue weighted by Gasteiger charge is -2.28. The zero-order valence-corrected chi connectivity index (χ0v) is 24.2. The number of hydrogen-bond donors (Lipinski definition) is 0. The fourth-order valence-corrected chi connectivity index (χ4v) is 6.34. The summed E-state index contributed by atoms with van der Waals surface area (Å²) >= 11 is 0. The van der Waals surface area contributed by atoms with Crippen molar-refractivity contribution in [3.8, 4) is 27.9 Å². The lowest BCUT2D eigenvalue weighted by Crippen LogP contribution is -2.11. The topological polar surface area (TPSA) is 8.17 Å². The van der Waals surface area contributed by atoms with E-state index < -0.39 is 0 Å². The Bertz CT molecular complexity index is 2140. The van der Waals surface area contributed by atoms with Crippen LogP contribution >= 0.6 is 0 Å². The van der Waals surface area contributed by atoms with E-state index in [-0.39, 0.29) is 0 Å². The zero-order valence-electron chi connectivity index (χ0n) is 24.2. The molecular formula is C42H30N2. The average molecular weight is 563 g/mol. The summed E-state index contributed by atoms with van der Waals surface area (Å²) in [5, 5.41) is 2.55. The van der Waals surface area contributed by atoms with E-state index >= 15 is 0 Å². The van der Waals surface area contributed by atoms with E-state index in [9.17, 15) is 0 Å². The van der Waals surface area contributed by atoms with Gasteiger partial charge in [0.15, 0.2) is 0 Å². The van der Waals surface area contributed by atoms with Gasteiger partial charge in [-0.3, -0.25) is 0 Å². The molecule has 2 nitrogen and oxygen atoms in total. The summed E-state index contributed by atoms with van der Waals surface area (Å²) in [6.07, 6.45) is 0. The van der Waals surface area contributed by atoms with Crippen LogP contribution in [0.15, 0.2) is 182 Å². The van der Waals surface area contributed by atoms with Crippen LogP contribution < -0.4 is 4.90 Å². The van der Waals surface area contributed by atoms with Crippen LogP contribution in [0.3, 0.4) is 0 Å². The molecule has 0 saturated heterocycles. The number of nitrogens with zero attached hydrogens (tertiary/aromatic N) is 2. The van der Waals surface area contributed by atoms with E-state index in [4.69, 9.17) is 0 Å². The van der Waals surface area contributed by atoms with Crippen molar-refractivity contribution in [1.29, 1.82) is 0 Å². The molecule has 0 radical (unpaired) electrons. The minimum Gasteiger partial charge on any atom is -0.310 e. The third-order valence-corrected chi connectivity index (χ3v) is 8.41. The van der Waals surface area contributed by atoms with Crippen LogP contribution in [0.1, 0.15) is 0 Å². The largest absolute Gasteiger partial charge is 0.310 e. The highest BCUT2D eigenvalue weighted by Crippen LogP contribution is 2.41. The van der Waals surface area contributed by atoms with Crippen LogP contribution in [0, 0.1) is 0 Å². The van der Waals surface area contributed by atoms with Gasteiger partial charge >= 0.3 is 0 Å². The van der Waals surface area contributed by atoms with Crippen LogP contribution in [-0.2, 0) is 0 Å². The summed E-state index contributed by atoms with van der Waals surface area (Å²) in [5.41, 5.74) is 11.7. The molecule has 0 aliphatic carbocycles. The van der Waals surface area contributed by atoms with Crippen LogP contribution in [-0.4, -0.2) is 4.57 Å². The Morgan fingerprint density at radius 2 is 0.818 bits per heavy atom. The van der Waals surface area contributed by atoms with Crippen molar-refractivity contribution in [2.75, 3.05) is 4.90 Å². The van der Waals surface area contributed by atoms with Gasteiger partial charge in [0.2, 0.25) is 0 Å². The molecule has 2 heteroatoms. The van der Waals surface area contributed by atoms with Gasteiger partial charge < -0.3 is 9.47 Å². The van der Waals surface area contributed by atoms with Crippen molar-refractivity contribution in [1.82, 2.24) is 4.57 Å². The molecule has 0 atom stereocenters. The lowest BCUT2D eigenvalue weighted by molar-refractivity contribution is 1.18. The van der Waals surface area contributed by atoms with Crippen LogP contribution in [0.25, 0.3) is 49.7 Å². The van der Waals surface area contributed by atoms with Crippen LogP contribution in [0.2, 0.25) is 0 Å². The van der Waals surface area contributed by atoms with Crippen molar-refractivity contribution >= 4 is 38.9 Å². The molecule has 0 aliphatic heterocycles. The quantitative estimate of drug-likeness (QED) is 0.196. The van der Waals surface area contributed by atoms with Gasteiger partial charge in [0.1, 0.15) is 0 Å². The highest BCUT2D eigenvalue weighted by Gasteiger charge is 2.17. The Morgan fingerprint density at radius 3 is 1.48 bits per heavy atom. The molecule has 0 bridgehead atoms. The number of aromatic nitrogens is 1. The van der Waals surface area contributed by atoms with E-state index in [1.165, 1.54) is 44.1 Å². The summed E-state index contributed by atoms with van der Waals surface area (Å²) in [5.74, 6) is 0. The molecular weight excluding hydrogens is 532 g/mol. The SMILES string of the molecule is c1ccc(-c2ccc(N(c3ccccc3)c3ccccc3-c3ccc(-n4c5ccccc5c5ccccc54)cc3)cc2)cc1. The molecule has 0 spiro atoms. The number of anilines is 3. The highest BCUT2D eigenvalue weighted by atomic mass is 15.1. The van der Waals surface area contributed by atoms with E-state index in [1.807, 2.05) is 0 Å². The Morgan fingerprint density at radius 1 is 0.341 bits per heavy atom. The van der Waals surface area contributed by atoms with Crippen molar-refractivity contribution in [3.63, 3.8) is 0 Å². The van der Waals surface area contributed by atoms with E-state index in [0.29, 0.717) is 0 Å². The Labute approximate surface area is 257 Å². The molecule has 8 rings (SSSR count). The summed E-state index contributed by atoms with van der Waals surface area (Å²) < 4.78 is 2.37. The number of rotatable bonds is 6. The average Bonchev–Trinajstić information content (AvgIpc) is 3.44.